The molecule has 1 amide bonds. The average Bonchev–Trinajstić information content (AvgIpc) is 2.58. The second-order valence-electron chi connectivity index (χ2n) is 4.77. The maximum atomic E-state index is 12.5. The monoisotopic (exact) mass is 296 g/mol. The smallest absolute Gasteiger partial charge is 0.257 e. The maximum Gasteiger partial charge on any atom is 0.257 e. The number of rotatable bonds is 7. The summed E-state index contributed by atoms with van der Waals surface area (Å²) < 4.78 is 0. The van der Waals surface area contributed by atoms with Gasteiger partial charge < -0.3 is 10.2 Å². The summed E-state index contributed by atoms with van der Waals surface area (Å²) in [5.41, 5.74) is 1.59. The van der Waals surface area contributed by atoms with Gasteiger partial charge in [-0.1, -0.05) is 36.4 Å². The Kier molecular flexibility index (Phi) is 5.65. The van der Waals surface area contributed by atoms with Gasteiger partial charge in [-0.3, -0.25) is 4.79 Å². The van der Waals surface area contributed by atoms with Crippen molar-refractivity contribution < 1.29 is 4.79 Å². The lowest BCUT2D eigenvalue weighted by atomic mass is 10.2. The molecule has 1 N–H and O–H groups in total. The lowest BCUT2D eigenvalue weighted by Gasteiger charge is -2.20. The van der Waals surface area contributed by atoms with Crippen LogP contribution in [-0.2, 0) is 6.54 Å². The fourth-order valence-corrected chi connectivity index (χ4v) is 2.01. The number of nitrogens with zero attached hydrogens (tertiary/aromatic N) is 3. The number of hydrogen-bond donors (Lipinski definition) is 1. The average molecular weight is 296 g/mol. The van der Waals surface area contributed by atoms with Gasteiger partial charge in [0.05, 0.1) is 5.56 Å². The predicted octanol–water partition coefficient (Wildman–Crippen LogP) is 2.74. The quantitative estimate of drug-likeness (QED) is 0.798. The Labute approximate surface area is 130 Å². The van der Waals surface area contributed by atoms with E-state index in [2.05, 4.69) is 21.9 Å². The topological polar surface area (TPSA) is 58.1 Å². The zero-order valence-corrected chi connectivity index (χ0v) is 12.7. The lowest BCUT2D eigenvalue weighted by molar-refractivity contribution is 0.0752. The molecule has 0 aliphatic carbocycles. The first-order chi connectivity index (χ1) is 10.7. The highest BCUT2D eigenvalue weighted by Crippen LogP contribution is 2.09. The number of carbonyl (C=O) groups excluding carboxylic acids is 1. The SMILES string of the molecule is C=CCNc1ncc(C(=O)N(CC)Cc2ccccc2)cn1. The van der Waals surface area contributed by atoms with E-state index in [1.165, 1.54) is 0 Å². The first kappa shape index (κ1) is 15.7. The number of amides is 1. The normalized spacial score (nSPS) is 10.0. The largest absolute Gasteiger partial charge is 0.351 e. The van der Waals surface area contributed by atoms with Crippen molar-refractivity contribution in [2.24, 2.45) is 0 Å². The Morgan fingerprint density at radius 1 is 1.27 bits per heavy atom. The van der Waals surface area contributed by atoms with Gasteiger partial charge in [-0.25, -0.2) is 9.97 Å². The van der Waals surface area contributed by atoms with E-state index in [0.29, 0.717) is 31.1 Å². The highest BCUT2D eigenvalue weighted by atomic mass is 16.2. The standard InChI is InChI=1S/C17H20N4O/c1-3-10-18-17-19-11-15(12-20-17)16(22)21(4-2)13-14-8-6-5-7-9-14/h3,5-9,11-12H,1,4,10,13H2,2H3,(H,18,19,20). The second kappa shape index (κ2) is 7.93. The molecule has 1 aromatic carbocycles. The van der Waals surface area contributed by atoms with Gasteiger partial charge in [0.2, 0.25) is 5.95 Å². The van der Waals surface area contributed by atoms with Crippen molar-refractivity contribution in [1.82, 2.24) is 14.9 Å². The van der Waals surface area contributed by atoms with Crippen LogP contribution in [0.15, 0.2) is 55.4 Å². The molecule has 1 heterocycles. The summed E-state index contributed by atoms with van der Waals surface area (Å²) in [5, 5.41) is 2.98. The molecule has 22 heavy (non-hydrogen) atoms. The van der Waals surface area contributed by atoms with Gasteiger partial charge in [0.15, 0.2) is 0 Å². The molecular weight excluding hydrogens is 276 g/mol. The van der Waals surface area contributed by atoms with Crippen molar-refractivity contribution in [2.75, 3.05) is 18.4 Å². The van der Waals surface area contributed by atoms with Gasteiger partial charge in [0, 0.05) is 32.0 Å². The van der Waals surface area contributed by atoms with Crippen molar-refractivity contribution in [3.05, 3.63) is 66.5 Å². The third kappa shape index (κ3) is 4.15. The van der Waals surface area contributed by atoms with E-state index < -0.39 is 0 Å². The van der Waals surface area contributed by atoms with Crippen LogP contribution in [0.2, 0.25) is 0 Å². The van der Waals surface area contributed by atoms with Crippen LogP contribution >= 0.6 is 0 Å². The summed E-state index contributed by atoms with van der Waals surface area (Å²) in [7, 11) is 0. The van der Waals surface area contributed by atoms with Crippen LogP contribution < -0.4 is 5.32 Å². The zero-order valence-electron chi connectivity index (χ0n) is 12.7. The van der Waals surface area contributed by atoms with Gasteiger partial charge in [-0.2, -0.15) is 0 Å². The Morgan fingerprint density at radius 2 is 1.95 bits per heavy atom. The molecule has 0 saturated carbocycles. The van der Waals surface area contributed by atoms with Crippen LogP contribution in [0.1, 0.15) is 22.8 Å². The van der Waals surface area contributed by atoms with Crippen LogP contribution in [0.4, 0.5) is 5.95 Å². The molecule has 1 aromatic heterocycles. The number of benzene rings is 1. The molecule has 5 heteroatoms. The van der Waals surface area contributed by atoms with Crippen molar-refractivity contribution in [1.29, 1.82) is 0 Å². The minimum atomic E-state index is -0.0679. The summed E-state index contributed by atoms with van der Waals surface area (Å²) >= 11 is 0. The van der Waals surface area contributed by atoms with Crippen LogP contribution in [0, 0.1) is 0 Å². The van der Waals surface area contributed by atoms with Crippen LogP contribution in [0.5, 0.6) is 0 Å². The maximum absolute atomic E-state index is 12.5. The summed E-state index contributed by atoms with van der Waals surface area (Å²) in [6, 6.07) is 9.92. The van der Waals surface area contributed by atoms with Crippen LogP contribution in [-0.4, -0.2) is 33.9 Å². The molecule has 114 valence electrons. The Hall–Kier alpha value is -2.69. The number of nitrogens with one attached hydrogen (secondary N) is 1. The van der Waals surface area contributed by atoms with Gasteiger partial charge in [0.25, 0.3) is 5.91 Å². The predicted molar refractivity (Wildman–Crippen MR) is 87.6 cm³/mol. The minimum Gasteiger partial charge on any atom is -0.351 e. The fourth-order valence-electron chi connectivity index (χ4n) is 2.01. The molecule has 0 fully saturated rings. The Bertz CT molecular complexity index is 610. The summed E-state index contributed by atoms with van der Waals surface area (Å²) in [6.45, 7) is 7.37. The van der Waals surface area contributed by atoms with Crippen molar-refractivity contribution in [3.8, 4) is 0 Å². The minimum absolute atomic E-state index is 0.0679. The van der Waals surface area contributed by atoms with Gasteiger partial charge in [-0.15, -0.1) is 6.58 Å². The third-order valence-corrected chi connectivity index (χ3v) is 3.19. The zero-order chi connectivity index (χ0) is 15.8. The number of hydrogen-bond acceptors (Lipinski definition) is 4. The van der Waals surface area contributed by atoms with Crippen LogP contribution in [0.3, 0.4) is 0 Å². The summed E-state index contributed by atoms with van der Waals surface area (Å²) in [5.74, 6) is 0.421. The molecule has 2 rings (SSSR count). The van der Waals surface area contributed by atoms with E-state index in [9.17, 15) is 4.79 Å². The highest BCUT2D eigenvalue weighted by molar-refractivity contribution is 5.93. The van der Waals surface area contributed by atoms with Gasteiger partial charge >= 0.3 is 0 Å². The molecule has 0 atom stereocenters. The highest BCUT2D eigenvalue weighted by Gasteiger charge is 2.15. The molecule has 0 bridgehead atoms. The molecule has 0 aliphatic heterocycles. The lowest BCUT2D eigenvalue weighted by Crippen LogP contribution is -2.30. The first-order valence-corrected chi connectivity index (χ1v) is 7.24. The van der Waals surface area contributed by atoms with E-state index in [-0.39, 0.29) is 5.91 Å². The van der Waals surface area contributed by atoms with E-state index in [1.54, 1.807) is 23.4 Å². The third-order valence-electron chi connectivity index (χ3n) is 3.19. The van der Waals surface area contributed by atoms with Crippen molar-refractivity contribution >= 4 is 11.9 Å². The number of anilines is 1. The van der Waals surface area contributed by atoms with E-state index in [0.717, 1.165) is 5.56 Å². The number of carbonyl (C=O) groups is 1. The molecule has 2 aromatic rings. The van der Waals surface area contributed by atoms with Crippen molar-refractivity contribution in [2.45, 2.75) is 13.5 Å². The second-order valence-corrected chi connectivity index (χ2v) is 4.77. The van der Waals surface area contributed by atoms with Crippen molar-refractivity contribution in [3.63, 3.8) is 0 Å². The molecule has 0 spiro atoms. The molecule has 0 aliphatic rings. The van der Waals surface area contributed by atoms with E-state index >= 15 is 0 Å². The molecule has 0 unspecified atom stereocenters. The summed E-state index contributed by atoms with van der Waals surface area (Å²) in [4.78, 5) is 22.6. The van der Waals surface area contributed by atoms with E-state index in [1.807, 2.05) is 37.3 Å². The van der Waals surface area contributed by atoms with Gasteiger partial charge in [0.1, 0.15) is 0 Å². The molecule has 0 saturated heterocycles. The molecule has 0 radical (unpaired) electrons. The summed E-state index contributed by atoms with van der Waals surface area (Å²) in [6.07, 6.45) is 4.82. The molecular formula is C17H20N4O. The molecule has 5 nitrogen and oxygen atoms in total. The fraction of sp³-hybridized carbons (Fsp3) is 0.235. The van der Waals surface area contributed by atoms with Crippen LogP contribution in [0.25, 0.3) is 0 Å². The Morgan fingerprint density at radius 3 is 2.55 bits per heavy atom. The van der Waals surface area contributed by atoms with E-state index in [4.69, 9.17) is 0 Å². The Balaban J connectivity index is 2.06. The number of aromatic nitrogens is 2. The van der Waals surface area contributed by atoms with Gasteiger partial charge in [-0.05, 0) is 12.5 Å². The first-order valence-electron chi connectivity index (χ1n) is 7.24.